The number of Topliss-reactive ketones (excluding diaryl/α,β-unsaturated/α-hetero) is 1. The first-order valence-electron chi connectivity index (χ1n) is 5.74. The fourth-order valence-corrected chi connectivity index (χ4v) is 2.11. The quantitative estimate of drug-likeness (QED) is 0.541. The molecular weight excluding hydrogens is 204 g/mol. The molecule has 0 aromatic heterocycles. The van der Waals surface area contributed by atoms with Gasteiger partial charge in [-0.25, -0.2) is 0 Å². The van der Waals surface area contributed by atoms with Crippen molar-refractivity contribution in [2.24, 2.45) is 11.8 Å². The highest BCUT2D eigenvalue weighted by molar-refractivity contribution is 5.84. The second kappa shape index (κ2) is 6.32. The Hall–Kier alpha value is -1.30. The molecule has 0 radical (unpaired) electrons. The Morgan fingerprint density at radius 2 is 2.25 bits per heavy atom. The summed E-state index contributed by atoms with van der Waals surface area (Å²) in [5.41, 5.74) is 0. The van der Waals surface area contributed by atoms with Gasteiger partial charge in [0.15, 0.2) is 0 Å². The van der Waals surface area contributed by atoms with E-state index in [1.807, 2.05) is 6.92 Å². The Labute approximate surface area is 96.5 Å². The van der Waals surface area contributed by atoms with Crippen LogP contribution in [0.2, 0.25) is 0 Å². The minimum Gasteiger partial charge on any atom is -0.469 e. The van der Waals surface area contributed by atoms with Gasteiger partial charge in [-0.3, -0.25) is 9.59 Å². The summed E-state index contributed by atoms with van der Waals surface area (Å²) in [6, 6.07) is 0. The molecule has 2 unspecified atom stereocenters. The molecule has 0 bridgehead atoms. The van der Waals surface area contributed by atoms with Crippen molar-refractivity contribution >= 4 is 11.8 Å². The molecule has 0 aliphatic heterocycles. The normalized spacial score (nSPS) is 23.8. The SMILES string of the molecule is CCC#CCC1C(=O)CCC1CC(=O)OC. The van der Waals surface area contributed by atoms with Crippen molar-refractivity contribution in [2.45, 2.75) is 39.0 Å². The predicted molar refractivity (Wildman–Crippen MR) is 60.5 cm³/mol. The van der Waals surface area contributed by atoms with Crippen LogP contribution in [0.15, 0.2) is 0 Å². The van der Waals surface area contributed by atoms with Gasteiger partial charge in [0.1, 0.15) is 5.78 Å². The van der Waals surface area contributed by atoms with Gasteiger partial charge in [-0.2, -0.15) is 0 Å². The highest BCUT2D eigenvalue weighted by Gasteiger charge is 2.35. The molecule has 16 heavy (non-hydrogen) atoms. The average Bonchev–Trinajstić information content (AvgIpc) is 2.61. The summed E-state index contributed by atoms with van der Waals surface area (Å²) in [7, 11) is 1.38. The van der Waals surface area contributed by atoms with Gasteiger partial charge in [0.05, 0.1) is 7.11 Å². The zero-order chi connectivity index (χ0) is 12.0. The third-order valence-electron chi connectivity index (χ3n) is 3.02. The average molecular weight is 222 g/mol. The van der Waals surface area contributed by atoms with Gasteiger partial charge in [0.25, 0.3) is 0 Å². The largest absolute Gasteiger partial charge is 0.469 e. The van der Waals surface area contributed by atoms with Gasteiger partial charge in [-0.1, -0.05) is 6.92 Å². The number of rotatable bonds is 3. The van der Waals surface area contributed by atoms with E-state index in [-0.39, 0.29) is 23.6 Å². The molecule has 1 aliphatic rings. The summed E-state index contributed by atoms with van der Waals surface area (Å²) in [6.07, 6.45) is 3.13. The number of hydrogen-bond donors (Lipinski definition) is 0. The smallest absolute Gasteiger partial charge is 0.305 e. The molecule has 1 fully saturated rings. The maximum Gasteiger partial charge on any atom is 0.305 e. The monoisotopic (exact) mass is 222 g/mol. The molecule has 3 nitrogen and oxygen atoms in total. The van der Waals surface area contributed by atoms with Crippen LogP contribution in [0.3, 0.4) is 0 Å². The minimum absolute atomic E-state index is 0.0573. The van der Waals surface area contributed by atoms with E-state index in [1.165, 1.54) is 7.11 Å². The van der Waals surface area contributed by atoms with Crippen LogP contribution in [0.5, 0.6) is 0 Å². The molecule has 0 aromatic carbocycles. The van der Waals surface area contributed by atoms with Gasteiger partial charge in [-0.15, -0.1) is 11.8 Å². The van der Waals surface area contributed by atoms with Crippen LogP contribution in [-0.2, 0) is 14.3 Å². The van der Waals surface area contributed by atoms with E-state index in [9.17, 15) is 9.59 Å². The molecule has 0 saturated heterocycles. The van der Waals surface area contributed by atoms with E-state index in [0.717, 1.165) is 12.8 Å². The van der Waals surface area contributed by atoms with E-state index in [1.54, 1.807) is 0 Å². The van der Waals surface area contributed by atoms with Crippen molar-refractivity contribution in [3.63, 3.8) is 0 Å². The molecule has 0 N–H and O–H groups in total. The number of esters is 1. The number of ether oxygens (including phenoxy) is 1. The van der Waals surface area contributed by atoms with Crippen LogP contribution in [0.1, 0.15) is 39.0 Å². The van der Waals surface area contributed by atoms with E-state index in [2.05, 4.69) is 16.6 Å². The molecular formula is C13H18O3. The van der Waals surface area contributed by atoms with E-state index in [4.69, 9.17) is 0 Å². The van der Waals surface area contributed by atoms with Gasteiger partial charge >= 0.3 is 5.97 Å². The lowest BCUT2D eigenvalue weighted by Crippen LogP contribution is -2.18. The van der Waals surface area contributed by atoms with Crippen LogP contribution in [-0.4, -0.2) is 18.9 Å². The number of ketones is 1. The van der Waals surface area contributed by atoms with Crippen LogP contribution in [0.25, 0.3) is 0 Å². The lowest BCUT2D eigenvalue weighted by Gasteiger charge is -2.14. The Kier molecular flexibility index (Phi) is 5.04. The second-order valence-corrected chi connectivity index (χ2v) is 4.06. The zero-order valence-corrected chi connectivity index (χ0v) is 9.91. The number of hydrogen-bond acceptors (Lipinski definition) is 3. The van der Waals surface area contributed by atoms with Gasteiger partial charge < -0.3 is 4.74 Å². The number of carbonyl (C=O) groups is 2. The van der Waals surface area contributed by atoms with Crippen molar-refractivity contribution in [1.29, 1.82) is 0 Å². The molecule has 1 aliphatic carbocycles. The Bertz CT molecular complexity index is 322. The summed E-state index contributed by atoms with van der Waals surface area (Å²) >= 11 is 0. The van der Waals surface area contributed by atoms with Gasteiger partial charge in [-0.05, 0) is 12.3 Å². The van der Waals surface area contributed by atoms with Crippen LogP contribution >= 0.6 is 0 Å². The van der Waals surface area contributed by atoms with E-state index in [0.29, 0.717) is 19.3 Å². The van der Waals surface area contributed by atoms with Crippen LogP contribution in [0, 0.1) is 23.7 Å². The molecule has 2 atom stereocenters. The third kappa shape index (κ3) is 3.37. The molecule has 0 spiro atoms. The van der Waals surface area contributed by atoms with E-state index >= 15 is 0 Å². The maximum absolute atomic E-state index is 11.6. The maximum atomic E-state index is 11.6. The fourth-order valence-electron chi connectivity index (χ4n) is 2.11. The van der Waals surface area contributed by atoms with Gasteiger partial charge in [0.2, 0.25) is 0 Å². The van der Waals surface area contributed by atoms with Crippen molar-refractivity contribution in [2.75, 3.05) is 7.11 Å². The van der Waals surface area contributed by atoms with Gasteiger partial charge in [0, 0.05) is 31.6 Å². The minimum atomic E-state index is -0.229. The zero-order valence-electron chi connectivity index (χ0n) is 9.91. The molecule has 1 rings (SSSR count). The summed E-state index contributed by atoms with van der Waals surface area (Å²) in [4.78, 5) is 22.8. The first-order chi connectivity index (χ1) is 7.69. The summed E-state index contributed by atoms with van der Waals surface area (Å²) in [5, 5.41) is 0. The molecule has 88 valence electrons. The standard InChI is InChI=1S/C13H18O3/c1-3-4-5-6-11-10(7-8-12(11)14)9-13(15)16-2/h10-11H,3,6-9H2,1-2H3. The fraction of sp³-hybridized carbons (Fsp3) is 0.692. The second-order valence-electron chi connectivity index (χ2n) is 4.06. The molecule has 0 heterocycles. The Balaban J connectivity index is 2.55. The predicted octanol–water partition coefficient (Wildman–Crippen LogP) is 1.95. The molecule has 0 aromatic rings. The van der Waals surface area contributed by atoms with Crippen molar-refractivity contribution in [3.05, 3.63) is 0 Å². The summed E-state index contributed by atoms with van der Waals surface area (Å²) in [6.45, 7) is 1.98. The van der Waals surface area contributed by atoms with E-state index < -0.39 is 0 Å². The molecule has 0 amide bonds. The summed E-state index contributed by atoms with van der Waals surface area (Å²) < 4.78 is 4.64. The summed E-state index contributed by atoms with van der Waals surface area (Å²) in [5.74, 6) is 6.07. The van der Waals surface area contributed by atoms with Crippen molar-refractivity contribution in [1.82, 2.24) is 0 Å². The Morgan fingerprint density at radius 1 is 1.50 bits per heavy atom. The van der Waals surface area contributed by atoms with Crippen LogP contribution < -0.4 is 0 Å². The lowest BCUT2D eigenvalue weighted by atomic mass is 9.90. The first-order valence-corrected chi connectivity index (χ1v) is 5.74. The number of carbonyl (C=O) groups excluding carboxylic acids is 2. The van der Waals surface area contributed by atoms with Crippen LogP contribution in [0.4, 0.5) is 0 Å². The highest BCUT2D eigenvalue weighted by atomic mass is 16.5. The molecule has 1 saturated carbocycles. The third-order valence-corrected chi connectivity index (χ3v) is 3.02. The Morgan fingerprint density at radius 3 is 2.88 bits per heavy atom. The first kappa shape index (κ1) is 12.8. The van der Waals surface area contributed by atoms with Crippen molar-refractivity contribution in [3.8, 4) is 11.8 Å². The van der Waals surface area contributed by atoms with Crippen molar-refractivity contribution < 1.29 is 14.3 Å². The molecule has 3 heteroatoms. The number of methoxy groups -OCH3 is 1. The topological polar surface area (TPSA) is 43.4 Å². The lowest BCUT2D eigenvalue weighted by molar-refractivity contribution is -0.142. The highest BCUT2D eigenvalue weighted by Crippen LogP contribution is 2.33.